The second-order valence-corrected chi connectivity index (χ2v) is 4.70. The van der Waals surface area contributed by atoms with Crippen molar-refractivity contribution in [1.82, 2.24) is 9.66 Å². The minimum Gasteiger partial charge on any atom is -0.232 e. The summed E-state index contributed by atoms with van der Waals surface area (Å²) in [5.41, 5.74) is 1.13. The van der Waals surface area contributed by atoms with Gasteiger partial charge in [0.15, 0.2) is 5.82 Å². The number of aromatic nitrogens is 2. The molecule has 0 aliphatic carbocycles. The van der Waals surface area contributed by atoms with E-state index in [1.807, 2.05) is 10.9 Å². The maximum atomic E-state index is 4.45. The highest BCUT2D eigenvalue weighted by atomic mass is 127. The molecule has 0 amide bonds. The number of nitrogens with zero attached hydrogens (tertiary/aromatic N) is 3. The SMILES string of the molecule is CC(C)c1cn2c(n1)C=CI=N2. The van der Waals surface area contributed by atoms with Crippen LogP contribution in [0.1, 0.15) is 31.3 Å². The van der Waals surface area contributed by atoms with E-state index >= 15 is 0 Å². The van der Waals surface area contributed by atoms with E-state index in [9.17, 15) is 0 Å². The fourth-order valence-electron chi connectivity index (χ4n) is 1.01. The van der Waals surface area contributed by atoms with Gasteiger partial charge in [-0.3, -0.25) is 0 Å². The van der Waals surface area contributed by atoms with Crippen LogP contribution in [0, 0.1) is 0 Å². The van der Waals surface area contributed by atoms with Crippen LogP contribution in [0.3, 0.4) is 0 Å². The predicted octanol–water partition coefficient (Wildman–Crippen LogP) is 2.91. The fourth-order valence-corrected chi connectivity index (χ4v) is 2.25. The number of halogens is 1. The van der Waals surface area contributed by atoms with E-state index in [-0.39, 0.29) is 21.0 Å². The summed E-state index contributed by atoms with van der Waals surface area (Å²) < 4.78 is 8.41. The quantitative estimate of drug-likeness (QED) is 0.725. The topological polar surface area (TPSA) is 30.2 Å². The van der Waals surface area contributed by atoms with Crippen LogP contribution in [0.15, 0.2) is 13.5 Å². The highest BCUT2D eigenvalue weighted by Crippen LogP contribution is 2.20. The standard InChI is InChI=1S/C8H10IN3/c1-6(2)7-5-12-8(10-7)3-4-9-11-12/h3-6H,1-2H3. The number of fused-ring (bicyclic) bond motifs is 1. The Hall–Kier alpha value is -0.520. The summed E-state index contributed by atoms with van der Waals surface area (Å²) in [4.78, 5) is 4.45. The molecule has 0 fully saturated rings. The van der Waals surface area contributed by atoms with Crippen LogP contribution in [0.25, 0.3) is 6.08 Å². The molecule has 1 aromatic heterocycles. The molecule has 1 aliphatic heterocycles. The van der Waals surface area contributed by atoms with Crippen molar-refractivity contribution >= 4 is 27.1 Å². The van der Waals surface area contributed by atoms with E-state index in [0.717, 1.165) is 11.5 Å². The molecule has 0 unspecified atom stereocenters. The monoisotopic (exact) mass is 275 g/mol. The van der Waals surface area contributed by atoms with E-state index in [4.69, 9.17) is 0 Å². The smallest absolute Gasteiger partial charge is 0.154 e. The molecule has 0 spiro atoms. The highest BCUT2D eigenvalue weighted by molar-refractivity contribution is 14.2. The van der Waals surface area contributed by atoms with E-state index in [1.54, 1.807) is 0 Å². The summed E-state index contributed by atoms with van der Waals surface area (Å²) in [5, 5.41) is 0. The fraction of sp³-hybridized carbons (Fsp3) is 0.375. The largest absolute Gasteiger partial charge is 0.232 e. The Morgan fingerprint density at radius 3 is 3.00 bits per heavy atom. The average molecular weight is 275 g/mol. The summed E-state index contributed by atoms with van der Waals surface area (Å²) in [6, 6.07) is 0. The van der Waals surface area contributed by atoms with Crippen LogP contribution in [0.4, 0.5) is 0 Å². The van der Waals surface area contributed by atoms with E-state index in [0.29, 0.717) is 5.92 Å². The minimum absolute atomic E-state index is 0.113. The van der Waals surface area contributed by atoms with Gasteiger partial charge in [-0.15, -0.1) is 3.25 Å². The van der Waals surface area contributed by atoms with Gasteiger partial charge >= 0.3 is 0 Å². The molecule has 0 N–H and O–H groups in total. The van der Waals surface area contributed by atoms with Crippen molar-refractivity contribution < 1.29 is 0 Å². The third-order valence-electron chi connectivity index (χ3n) is 1.72. The summed E-state index contributed by atoms with van der Waals surface area (Å²) in [5.74, 6) is 1.47. The molecule has 0 atom stereocenters. The predicted molar refractivity (Wildman–Crippen MR) is 57.2 cm³/mol. The van der Waals surface area contributed by atoms with Crippen LogP contribution in [-0.4, -0.2) is 9.66 Å². The summed E-state index contributed by atoms with van der Waals surface area (Å²) in [6.45, 7) is 4.29. The average Bonchev–Trinajstić information content (AvgIpc) is 2.46. The summed E-state index contributed by atoms with van der Waals surface area (Å²) in [6.07, 6.45) is 4.09. The van der Waals surface area contributed by atoms with E-state index in [1.165, 1.54) is 0 Å². The molecule has 0 aromatic carbocycles. The maximum absolute atomic E-state index is 4.45. The first-order valence-corrected chi connectivity index (χ1v) is 6.08. The molecule has 0 radical (unpaired) electrons. The van der Waals surface area contributed by atoms with Gasteiger partial charge in [-0.05, 0) is 16.1 Å². The lowest BCUT2D eigenvalue weighted by molar-refractivity contribution is 0.828. The molecule has 1 aliphatic rings. The molecular weight excluding hydrogens is 265 g/mol. The van der Waals surface area contributed by atoms with Crippen LogP contribution in [0.2, 0.25) is 0 Å². The lowest BCUT2D eigenvalue weighted by Crippen LogP contribution is -1.88. The normalized spacial score (nSPS) is 14.6. The van der Waals surface area contributed by atoms with Crippen LogP contribution >= 0.6 is 21.0 Å². The van der Waals surface area contributed by atoms with Crippen molar-refractivity contribution in [3.8, 4) is 0 Å². The van der Waals surface area contributed by atoms with Gasteiger partial charge in [-0.2, -0.15) is 0 Å². The Labute approximate surface area is 81.6 Å². The second kappa shape index (κ2) is 3.08. The van der Waals surface area contributed by atoms with Gasteiger partial charge < -0.3 is 0 Å². The van der Waals surface area contributed by atoms with Crippen LogP contribution in [-0.2, 0) is 0 Å². The van der Waals surface area contributed by atoms with Crippen molar-refractivity contribution in [3.05, 3.63) is 21.8 Å². The van der Waals surface area contributed by atoms with E-state index in [2.05, 4.69) is 32.2 Å². The number of imidazole rings is 1. The zero-order valence-electron chi connectivity index (χ0n) is 7.03. The number of rotatable bonds is 1. The molecule has 0 saturated carbocycles. The third kappa shape index (κ3) is 1.35. The first-order chi connectivity index (χ1) is 5.77. The molecule has 2 rings (SSSR count). The molecule has 12 heavy (non-hydrogen) atoms. The molecule has 2 heterocycles. The van der Waals surface area contributed by atoms with Gasteiger partial charge in [0.25, 0.3) is 0 Å². The van der Waals surface area contributed by atoms with Crippen molar-refractivity contribution in [2.75, 3.05) is 0 Å². The Bertz CT molecular complexity index is 320. The van der Waals surface area contributed by atoms with Gasteiger partial charge in [-0.1, -0.05) is 13.8 Å². The zero-order valence-corrected chi connectivity index (χ0v) is 9.19. The highest BCUT2D eigenvalue weighted by Gasteiger charge is 2.08. The summed E-state index contributed by atoms with van der Waals surface area (Å²) in [7, 11) is 0. The lowest BCUT2D eigenvalue weighted by atomic mass is 10.2. The molecule has 4 heteroatoms. The molecule has 3 nitrogen and oxygen atoms in total. The van der Waals surface area contributed by atoms with Crippen molar-refractivity contribution in [2.24, 2.45) is 3.25 Å². The van der Waals surface area contributed by atoms with Gasteiger partial charge in [0.05, 0.1) is 11.9 Å². The molecule has 0 bridgehead atoms. The molecule has 64 valence electrons. The Morgan fingerprint density at radius 2 is 2.33 bits per heavy atom. The first-order valence-electron chi connectivity index (χ1n) is 3.87. The van der Waals surface area contributed by atoms with Gasteiger partial charge in [-0.25, -0.2) is 9.66 Å². The van der Waals surface area contributed by atoms with Crippen molar-refractivity contribution in [2.45, 2.75) is 19.8 Å². The van der Waals surface area contributed by atoms with Crippen LogP contribution < -0.4 is 0 Å². The van der Waals surface area contributed by atoms with Crippen molar-refractivity contribution in [3.63, 3.8) is 0 Å². The third-order valence-corrected chi connectivity index (χ3v) is 3.11. The molecule has 1 aromatic rings. The second-order valence-electron chi connectivity index (χ2n) is 2.99. The van der Waals surface area contributed by atoms with Crippen LogP contribution in [0.5, 0.6) is 0 Å². The lowest BCUT2D eigenvalue weighted by Gasteiger charge is -1.96. The van der Waals surface area contributed by atoms with Gasteiger partial charge in [0.2, 0.25) is 0 Å². The Morgan fingerprint density at radius 1 is 1.50 bits per heavy atom. The Balaban J connectivity index is 2.47. The van der Waals surface area contributed by atoms with Gasteiger partial charge in [0, 0.05) is 21.0 Å². The number of hydrogen-bond acceptors (Lipinski definition) is 2. The zero-order chi connectivity index (χ0) is 8.55. The first kappa shape index (κ1) is 8.10. The molecular formula is C8H10IN3. The van der Waals surface area contributed by atoms with Crippen molar-refractivity contribution in [1.29, 1.82) is 0 Å². The number of hydrogen-bond donors (Lipinski definition) is 0. The maximum Gasteiger partial charge on any atom is 0.154 e. The van der Waals surface area contributed by atoms with E-state index < -0.39 is 0 Å². The van der Waals surface area contributed by atoms with Gasteiger partial charge in [0.1, 0.15) is 0 Å². The Kier molecular flexibility index (Phi) is 2.08. The minimum atomic E-state index is -0.113. The molecule has 0 saturated heterocycles. The summed E-state index contributed by atoms with van der Waals surface area (Å²) >= 11 is -0.113.